The molecule has 2 aliphatic rings. The van der Waals surface area contributed by atoms with Crippen molar-refractivity contribution in [2.24, 2.45) is 0 Å². The summed E-state index contributed by atoms with van der Waals surface area (Å²) in [7, 11) is 0. The third-order valence-corrected chi connectivity index (χ3v) is 5.17. The molecule has 1 aliphatic carbocycles. The lowest BCUT2D eigenvalue weighted by molar-refractivity contribution is -0.128. The van der Waals surface area contributed by atoms with Crippen LogP contribution in [0.4, 0.5) is 4.79 Å². The van der Waals surface area contributed by atoms with Gasteiger partial charge in [0.2, 0.25) is 5.91 Å². The molecule has 0 spiro atoms. The Morgan fingerprint density at radius 3 is 2.56 bits per heavy atom. The minimum atomic E-state index is -0.766. The average molecular weight is 344 g/mol. The van der Waals surface area contributed by atoms with E-state index in [0.717, 1.165) is 44.3 Å². The Balaban J connectivity index is 1.55. The van der Waals surface area contributed by atoms with Crippen LogP contribution in [0.5, 0.6) is 0 Å². The Kier molecular flexibility index (Phi) is 5.91. The summed E-state index contributed by atoms with van der Waals surface area (Å²) in [5.41, 5.74) is 0.272. The minimum absolute atomic E-state index is 0.0337. The molecule has 1 atom stereocenters. The first kappa shape index (κ1) is 17.7. The number of urea groups is 1. The molecular formula is C19H28N4O2. The largest absolute Gasteiger partial charge is 0.350 e. The van der Waals surface area contributed by atoms with E-state index in [1.54, 1.807) is 0 Å². The summed E-state index contributed by atoms with van der Waals surface area (Å²) in [4.78, 5) is 25.2. The van der Waals surface area contributed by atoms with Gasteiger partial charge in [-0.05, 0) is 37.8 Å². The first-order chi connectivity index (χ1) is 12.2. The number of hydrogen-bond acceptors (Lipinski definition) is 3. The smallest absolute Gasteiger partial charge is 0.315 e. The highest BCUT2D eigenvalue weighted by molar-refractivity contribution is 5.91. The Labute approximate surface area is 149 Å². The zero-order valence-corrected chi connectivity index (χ0v) is 14.6. The summed E-state index contributed by atoms with van der Waals surface area (Å²) in [6.07, 6.45) is 5.41. The van der Waals surface area contributed by atoms with Crippen LogP contribution in [0.1, 0.15) is 44.1 Å². The third-order valence-electron chi connectivity index (χ3n) is 5.17. The average Bonchev–Trinajstić information content (AvgIpc) is 3.11. The van der Waals surface area contributed by atoms with E-state index in [-0.39, 0.29) is 18.0 Å². The van der Waals surface area contributed by atoms with Crippen molar-refractivity contribution in [2.75, 3.05) is 13.1 Å². The van der Waals surface area contributed by atoms with Gasteiger partial charge >= 0.3 is 6.03 Å². The Morgan fingerprint density at radius 1 is 1.12 bits per heavy atom. The molecule has 1 aromatic rings. The van der Waals surface area contributed by atoms with Crippen LogP contribution in [-0.2, 0) is 11.3 Å². The molecule has 1 heterocycles. The maximum Gasteiger partial charge on any atom is 0.315 e. The van der Waals surface area contributed by atoms with Gasteiger partial charge in [0, 0.05) is 19.1 Å². The van der Waals surface area contributed by atoms with Crippen LogP contribution < -0.4 is 21.3 Å². The van der Waals surface area contributed by atoms with E-state index in [1.807, 2.05) is 30.3 Å². The molecule has 2 fully saturated rings. The SMILES string of the molecule is O=C(NCc1ccccc1)NC1(C(=O)N[C@H]2CCCNC2)CCCC1. The van der Waals surface area contributed by atoms with Crippen molar-refractivity contribution in [3.63, 3.8) is 0 Å². The van der Waals surface area contributed by atoms with Crippen LogP contribution in [-0.4, -0.2) is 36.6 Å². The molecule has 0 bridgehead atoms. The summed E-state index contributed by atoms with van der Waals surface area (Å²) in [5, 5.41) is 12.3. The van der Waals surface area contributed by atoms with Gasteiger partial charge in [0.1, 0.15) is 5.54 Å². The number of nitrogens with one attached hydrogen (secondary N) is 4. The van der Waals surface area contributed by atoms with E-state index in [9.17, 15) is 9.59 Å². The molecule has 136 valence electrons. The van der Waals surface area contributed by atoms with Crippen LogP contribution in [0.3, 0.4) is 0 Å². The van der Waals surface area contributed by atoms with Gasteiger partial charge in [0.25, 0.3) is 0 Å². The third kappa shape index (κ3) is 4.72. The number of hydrogen-bond donors (Lipinski definition) is 4. The van der Waals surface area contributed by atoms with Crippen molar-refractivity contribution >= 4 is 11.9 Å². The molecule has 3 rings (SSSR count). The van der Waals surface area contributed by atoms with Gasteiger partial charge in [0.15, 0.2) is 0 Å². The van der Waals surface area contributed by atoms with E-state index >= 15 is 0 Å². The molecule has 3 amide bonds. The van der Waals surface area contributed by atoms with E-state index in [1.165, 1.54) is 0 Å². The van der Waals surface area contributed by atoms with Gasteiger partial charge in [-0.25, -0.2) is 4.79 Å². The second kappa shape index (κ2) is 8.34. The summed E-state index contributed by atoms with van der Waals surface area (Å²) in [6, 6.07) is 9.65. The number of benzene rings is 1. The Hall–Kier alpha value is -2.08. The molecule has 0 radical (unpaired) electrons. The van der Waals surface area contributed by atoms with Gasteiger partial charge in [-0.15, -0.1) is 0 Å². The van der Waals surface area contributed by atoms with Gasteiger partial charge < -0.3 is 21.3 Å². The predicted molar refractivity (Wildman–Crippen MR) is 97.0 cm³/mol. The van der Waals surface area contributed by atoms with Crippen LogP contribution in [0.25, 0.3) is 0 Å². The lowest BCUT2D eigenvalue weighted by Crippen LogP contribution is -2.61. The molecule has 0 aromatic heterocycles. The second-order valence-corrected chi connectivity index (χ2v) is 7.10. The van der Waals surface area contributed by atoms with E-state index in [4.69, 9.17) is 0 Å². The first-order valence-electron chi connectivity index (χ1n) is 9.30. The molecule has 6 nitrogen and oxygen atoms in total. The lowest BCUT2D eigenvalue weighted by Gasteiger charge is -2.32. The van der Waals surface area contributed by atoms with Gasteiger partial charge in [-0.1, -0.05) is 43.2 Å². The first-order valence-corrected chi connectivity index (χ1v) is 9.30. The highest BCUT2D eigenvalue weighted by Gasteiger charge is 2.43. The Morgan fingerprint density at radius 2 is 1.88 bits per heavy atom. The van der Waals surface area contributed by atoms with Crippen molar-refractivity contribution in [2.45, 2.75) is 56.7 Å². The molecule has 1 aromatic carbocycles. The van der Waals surface area contributed by atoms with Crippen LogP contribution in [0.15, 0.2) is 30.3 Å². The number of carbonyl (C=O) groups excluding carboxylic acids is 2. The van der Waals surface area contributed by atoms with Crippen molar-refractivity contribution < 1.29 is 9.59 Å². The minimum Gasteiger partial charge on any atom is -0.350 e. The zero-order valence-electron chi connectivity index (χ0n) is 14.6. The van der Waals surface area contributed by atoms with Crippen molar-refractivity contribution in [1.82, 2.24) is 21.3 Å². The van der Waals surface area contributed by atoms with Crippen molar-refractivity contribution in [3.8, 4) is 0 Å². The molecule has 4 N–H and O–H groups in total. The highest BCUT2D eigenvalue weighted by Crippen LogP contribution is 2.30. The summed E-state index contributed by atoms with van der Waals surface area (Å²) >= 11 is 0. The fourth-order valence-electron chi connectivity index (χ4n) is 3.73. The van der Waals surface area contributed by atoms with E-state index in [2.05, 4.69) is 21.3 Å². The fourth-order valence-corrected chi connectivity index (χ4v) is 3.73. The number of amides is 3. The number of carbonyl (C=O) groups is 2. The molecule has 6 heteroatoms. The molecule has 1 saturated carbocycles. The van der Waals surface area contributed by atoms with Gasteiger partial charge in [-0.2, -0.15) is 0 Å². The van der Waals surface area contributed by atoms with Gasteiger partial charge in [-0.3, -0.25) is 4.79 Å². The van der Waals surface area contributed by atoms with Crippen LogP contribution in [0, 0.1) is 0 Å². The fraction of sp³-hybridized carbons (Fsp3) is 0.579. The Bertz CT molecular complexity index is 578. The highest BCUT2D eigenvalue weighted by atomic mass is 16.2. The lowest BCUT2D eigenvalue weighted by atomic mass is 9.95. The summed E-state index contributed by atoms with van der Waals surface area (Å²) in [6.45, 7) is 2.27. The van der Waals surface area contributed by atoms with Crippen molar-refractivity contribution in [1.29, 1.82) is 0 Å². The molecule has 1 saturated heterocycles. The predicted octanol–water partition coefficient (Wildman–Crippen LogP) is 1.67. The van der Waals surface area contributed by atoms with E-state index in [0.29, 0.717) is 19.4 Å². The maximum atomic E-state index is 12.9. The zero-order chi connectivity index (χ0) is 17.5. The molecule has 1 aliphatic heterocycles. The molecular weight excluding hydrogens is 316 g/mol. The van der Waals surface area contributed by atoms with E-state index < -0.39 is 5.54 Å². The topological polar surface area (TPSA) is 82.3 Å². The summed E-state index contributed by atoms with van der Waals surface area (Å²) < 4.78 is 0. The van der Waals surface area contributed by atoms with Crippen LogP contribution in [0.2, 0.25) is 0 Å². The summed E-state index contributed by atoms with van der Waals surface area (Å²) in [5.74, 6) is -0.0337. The monoisotopic (exact) mass is 344 g/mol. The van der Waals surface area contributed by atoms with Crippen molar-refractivity contribution in [3.05, 3.63) is 35.9 Å². The normalized spacial score (nSPS) is 22.2. The molecule has 0 unspecified atom stereocenters. The standard InChI is InChI=1S/C19H28N4O2/c24-17(22-16-9-6-12-20-14-16)19(10-4-5-11-19)23-18(25)21-13-15-7-2-1-3-8-15/h1-3,7-8,16,20H,4-6,9-14H2,(H,22,24)(H2,21,23,25)/t16-/m0/s1. The number of rotatable bonds is 5. The quantitative estimate of drug-likeness (QED) is 0.656. The van der Waals surface area contributed by atoms with Crippen LogP contribution >= 0.6 is 0 Å². The molecule has 25 heavy (non-hydrogen) atoms. The van der Waals surface area contributed by atoms with Gasteiger partial charge in [0.05, 0.1) is 0 Å². The maximum absolute atomic E-state index is 12.9. The second-order valence-electron chi connectivity index (χ2n) is 7.10. The number of piperidine rings is 1.